The molecule has 0 saturated carbocycles. The molecule has 1 amide bonds. The Hall–Kier alpha value is -1.81. The summed E-state index contributed by atoms with van der Waals surface area (Å²) in [5.41, 5.74) is 3.08. The molecule has 1 N–H and O–H groups in total. The maximum atomic E-state index is 12.1. The van der Waals surface area contributed by atoms with E-state index in [2.05, 4.69) is 10.4 Å². The van der Waals surface area contributed by atoms with Crippen molar-refractivity contribution in [1.29, 1.82) is 0 Å². The second-order valence-electron chi connectivity index (χ2n) is 5.39. The van der Waals surface area contributed by atoms with Crippen molar-refractivity contribution < 1.29 is 4.79 Å². The third-order valence-corrected chi connectivity index (χ3v) is 4.07. The van der Waals surface area contributed by atoms with Gasteiger partial charge < -0.3 is 5.32 Å². The van der Waals surface area contributed by atoms with Crippen LogP contribution in [0.25, 0.3) is 0 Å². The molecule has 4 nitrogen and oxygen atoms in total. The van der Waals surface area contributed by atoms with E-state index in [1.165, 1.54) is 24.8 Å². The average molecular weight is 304 g/mol. The first-order valence-electron chi connectivity index (χ1n) is 7.32. The minimum Gasteiger partial charge on any atom is -0.323 e. The molecular formula is C16H18ClN3O. The fourth-order valence-electron chi connectivity index (χ4n) is 2.69. The van der Waals surface area contributed by atoms with E-state index in [1.54, 1.807) is 16.8 Å². The van der Waals surface area contributed by atoms with E-state index in [0.717, 1.165) is 18.5 Å². The predicted octanol–water partition coefficient (Wildman–Crippen LogP) is 3.44. The Kier molecular flexibility index (Phi) is 4.25. The van der Waals surface area contributed by atoms with Crippen molar-refractivity contribution in [3.8, 4) is 0 Å². The molecule has 0 aliphatic heterocycles. The van der Waals surface area contributed by atoms with Crippen molar-refractivity contribution in [2.45, 2.75) is 38.6 Å². The van der Waals surface area contributed by atoms with Gasteiger partial charge in [-0.2, -0.15) is 5.10 Å². The lowest BCUT2D eigenvalue weighted by molar-refractivity contribution is -0.116. The minimum absolute atomic E-state index is 0.110. The number of fused-ring (bicyclic) bond motifs is 1. The Bertz CT molecular complexity index is 627. The van der Waals surface area contributed by atoms with Gasteiger partial charge in [0.1, 0.15) is 6.54 Å². The lowest BCUT2D eigenvalue weighted by Gasteiger charge is -2.07. The number of para-hydroxylation sites is 1. The van der Waals surface area contributed by atoms with Crippen LogP contribution in [0.5, 0.6) is 0 Å². The Balaban J connectivity index is 1.66. The van der Waals surface area contributed by atoms with Crippen LogP contribution in [0, 0.1) is 0 Å². The van der Waals surface area contributed by atoms with Gasteiger partial charge in [0, 0.05) is 6.20 Å². The van der Waals surface area contributed by atoms with Crippen LogP contribution in [0.1, 0.15) is 30.5 Å². The van der Waals surface area contributed by atoms with Gasteiger partial charge in [-0.3, -0.25) is 9.48 Å². The highest BCUT2D eigenvalue weighted by atomic mass is 35.5. The fraction of sp³-hybridized carbons (Fsp3) is 0.375. The van der Waals surface area contributed by atoms with Crippen LogP contribution in [0.2, 0.25) is 5.02 Å². The van der Waals surface area contributed by atoms with Gasteiger partial charge in [0.25, 0.3) is 0 Å². The first-order chi connectivity index (χ1) is 10.2. The second kappa shape index (κ2) is 6.31. The number of rotatable bonds is 3. The van der Waals surface area contributed by atoms with E-state index in [0.29, 0.717) is 10.7 Å². The van der Waals surface area contributed by atoms with Gasteiger partial charge in [0.05, 0.1) is 16.4 Å². The summed E-state index contributed by atoms with van der Waals surface area (Å²) < 4.78 is 1.74. The molecule has 1 aromatic heterocycles. The summed E-state index contributed by atoms with van der Waals surface area (Å²) in [4.78, 5) is 12.1. The van der Waals surface area contributed by atoms with Crippen LogP contribution in [-0.2, 0) is 24.2 Å². The summed E-state index contributed by atoms with van der Waals surface area (Å²) in [5.74, 6) is -0.110. The average Bonchev–Trinajstić information content (AvgIpc) is 2.70. The number of anilines is 1. The summed E-state index contributed by atoms with van der Waals surface area (Å²) >= 11 is 6.03. The van der Waals surface area contributed by atoms with Gasteiger partial charge in [-0.25, -0.2) is 0 Å². The van der Waals surface area contributed by atoms with Crippen LogP contribution < -0.4 is 5.32 Å². The third-order valence-electron chi connectivity index (χ3n) is 3.74. The minimum atomic E-state index is -0.110. The molecule has 0 unspecified atom stereocenters. The van der Waals surface area contributed by atoms with Crippen molar-refractivity contribution in [3.63, 3.8) is 0 Å². The Morgan fingerprint density at radius 2 is 2.05 bits per heavy atom. The molecule has 1 aromatic carbocycles. The highest BCUT2D eigenvalue weighted by Crippen LogP contribution is 2.21. The van der Waals surface area contributed by atoms with Crippen molar-refractivity contribution in [1.82, 2.24) is 9.78 Å². The number of hydrogen-bond donors (Lipinski definition) is 1. The molecule has 0 spiro atoms. The highest BCUT2D eigenvalue weighted by Gasteiger charge is 2.14. The molecule has 0 bridgehead atoms. The number of carbonyl (C=O) groups excluding carboxylic acids is 1. The van der Waals surface area contributed by atoms with E-state index in [4.69, 9.17) is 11.6 Å². The maximum Gasteiger partial charge on any atom is 0.246 e. The zero-order valence-electron chi connectivity index (χ0n) is 11.8. The van der Waals surface area contributed by atoms with Gasteiger partial charge >= 0.3 is 0 Å². The quantitative estimate of drug-likeness (QED) is 0.883. The number of amides is 1. The normalized spacial score (nSPS) is 14.3. The first kappa shape index (κ1) is 14.1. The van der Waals surface area contributed by atoms with Crippen LogP contribution in [0.4, 0.5) is 5.69 Å². The first-order valence-corrected chi connectivity index (χ1v) is 7.70. The van der Waals surface area contributed by atoms with Crippen molar-refractivity contribution >= 4 is 23.2 Å². The molecule has 1 heterocycles. The van der Waals surface area contributed by atoms with E-state index in [9.17, 15) is 4.79 Å². The second-order valence-corrected chi connectivity index (χ2v) is 5.79. The topological polar surface area (TPSA) is 46.9 Å². The number of aryl methyl sites for hydroxylation is 2. The summed E-state index contributed by atoms with van der Waals surface area (Å²) in [6, 6.07) is 7.23. The Morgan fingerprint density at radius 3 is 2.90 bits per heavy atom. The molecule has 0 radical (unpaired) electrons. The molecule has 0 atom stereocenters. The molecular weight excluding hydrogens is 286 g/mol. The molecule has 1 aliphatic carbocycles. The number of carbonyl (C=O) groups is 1. The Morgan fingerprint density at radius 1 is 1.24 bits per heavy atom. The van der Waals surface area contributed by atoms with Crippen LogP contribution in [0.15, 0.2) is 30.5 Å². The number of aromatic nitrogens is 2. The Labute approximate surface area is 129 Å². The molecule has 1 aliphatic rings. The van der Waals surface area contributed by atoms with E-state index >= 15 is 0 Å². The number of hydrogen-bond acceptors (Lipinski definition) is 2. The standard InChI is InChI=1S/C16H18ClN3O/c17-13-7-4-5-9-15(13)18-16(21)11-20-10-12-6-2-1-3-8-14(12)19-20/h4-5,7,9-10H,1-3,6,8,11H2,(H,18,21). The highest BCUT2D eigenvalue weighted by molar-refractivity contribution is 6.33. The summed E-state index contributed by atoms with van der Waals surface area (Å²) in [7, 11) is 0. The summed E-state index contributed by atoms with van der Waals surface area (Å²) in [6.07, 6.45) is 7.77. The summed E-state index contributed by atoms with van der Waals surface area (Å²) in [5, 5.41) is 7.90. The maximum absolute atomic E-state index is 12.1. The molecule has 3 rings (SSSR count). The number of nitrogens with one attached hydrogen (secondary N) is 1. The number of halogens is 1. The van der Waals surface area contributed by atoms with Crippen LogP contribution in [-0.4, -0.2) is 15.7 Å². The van der Waals surface area contributed by atoms with Crippen molar-refractivity contribution in [2.75, 3.05) is 5.32 Å². The number of nitrogens with zero attached hydrogens (tertiary/aromatic N) is 2. The summed E-state index contributed by atoms with van der Waals surface area (Å²) in [6.45, 7) is 0.220. The SMILES string of the molecule is O=C(Cn1cc2c(n1)CCCCC2)Nc1ccccc1Cl. The fourth-order valence-corrected chi connectivity index (χ4v) is 2.87. The third kappa shape index (κ3) is 3.45. The molecule has 110 valence electrons. The molecule has 0 saturated heterocycles. The van der Waals surface area contributed by atoms with E-state index in [1.807, 2.05) is 18.3 Å². The zero-order chi connectivity index (χ0) is 14.7. The van der Waals surface area contributed by atoms with Crippen molar-refractivity contribution in [3.05, 3.63) is 46.7 Å². The van der Waals surface area contributed by atoms with Gasteiger partial charge in [0.2, 0.25) is 5.91 Å². The largest absolute Gasteiger partial charge is 0.323 e. The van der Waals surface area contributed by atoms with E-state index in [-0.39, 0.29) is 12.5 Å². The van der Waals surface area contributed by atoms with Gasteiger partial charge in [-0.15, -0.1) is 0 Å². The zero-order valence-corrected chi connectivity index (χ0v) is 12.6. The van der Waals surface area contributed by atoms with Crippen LogP contribution in [0.3, 0.4) is 0 Å². The van der Waals surface area contributed by atoms with Gasteiger partial charge in [0.15, 0.2) is 0 Å². The lowest BCUT2D eigenvalue weighted by Crippen LogP contribution is -2.19. The monoisotopic (exact) mass is 303 g/mol. The molecule has 21 heavy (non-hydrogen) atoms. The lowest BCUT2D eigenvalue weighted by atomic mass is 10.1. The van der Waals surface area contributed by atoms with Gasteiger partial charge in [-0.05, 0) is 43.4 Å². The smallest absolute Gasteiger partial charge is 0.246 e. The molecule has 2 aromatic rings. The van der Waals surface area contributed by atoms with Gasteiger partial charge in [-0.1, -0.05) is 30.2 Å². The predicted molar refractivity (Wildman–Crippen MR) is 83.6 cm³/mol. The molecule has 5 heteroatoms. The van der Waals surface area contributed by atoms with Crippen molar-refractivity contribution in [2.24, 2.45) is 0 Å². The molecule has 0 fully saturated rings. The number of benzene rings is 1. The van der Waals surface area contributed by atoms with Crippen LogP contribution >= 0.6 is 11.6 Å². The van der Waals surface area contributed by atoms with E-state index < -0.39 is 0 Å².